The van der Waals surface area contributed by atoms with Crippen LogP contribution in [0, 0.1) is 5.92 Å². The Balaban J connectivity index is 2.28. The Kier molecular flexibility index (Phi) is 6.15. The van der Waals surface area contributed by atoms with Crippen LogP contribution in [-0.4, -0.2) is 37.9 Å². The van der Waals surface area contributed by atoms with Crippen LogP contribution in [-0.2, 0) is 23.8 Å². The standard InChI is InChI=1S/C12H20O5/c1-3-15-12(14)10(9(2)13)5-4-6-11-16-7-8-17-11/h10-11H,3-8H2,1-2H3. The molecule has 5 nitrogen and oxygen atoms in total. The summed E-state index contributed by atoms with van der Waals surface area (Å²) in [6.07, 6.45) is 1.75. The fraction of sp³-hybridized carbons (Fsp3) is 0.833. The number of carbonyl (C=O) groups excluding carboxylic acids is 2. The van der Waals surface area contributed by atoms with Crippen LogP contribution in [0.3, 0.4) is 0 Å². The zero-order chi connectivity index (χ0) is 12.7. The Labute approximate surface area is 101 Å². The number of ketones is 1. The third-order valence-electron chi connectivity index (χ3n) is 2.69. The molecule has 1 rings (SSSR count). The highest BCUT2D eigenvalue weighted by atomic mass is 16.7. The highest BCUT2D eigenvalue weighted by Crippen LogP contribution is 2.16. The SMILES string of the molecule is CCOC(=O)C(CCCC1OCCO1)C(C)=O. The number of hydrogen-bond acceptors (Lipinski definition) is 5. The summed E-state index contributed by atoms with van der Waals surface area (Å²) in [7, 11) is 0. The number of carbonyl (C=O) groups is 2. The summed E-state index contributed by atoms with van der Waals surface area (Å²) in [5, 5.41) is 0. The predicted molar refractivity (Wildman–Crippen MR) is 60.3 cm³/mol. The highest BCUT2D eigenvalue weighted by molar-refractivity contribution is 5.97. The minimum Gasteiger partial charge on any atom is -0.465 e. The van der Waals surface area contributed by atoms with Gasteiger partial charge in [-0.1, -0.05) is 0 Å². The van der Waals surface area contributed by atoms with Gasteiger partial charge >= 0.3 is 5.97 Å². The maximum atomic E-state index is 11.5. The fourth-order valence-electron chi connectivity index (χ4n) is 1.79. The lowest BCUT2D eigenvalue weighted by molar-refractivity contribution is -0.151. The van der Waals surface area contributed by atoms with Crippen LogP contribution in [0.2, 0.25) is 0 Å². The van der Waals surface area contributed by atoms with E-state index in [1.54, 1.807) is 6.92 Å². The molecule has 1 fully saturated rings. The van der Waals surface area contributed by atoms with Gasteiger partial charge < -0.3 is 14.2 Å². The molecule has 0 aliphatic carbocycles. The molecule has 0 saturated carbocycles. The van der Waals surface area contributed by atoms with Gasteiger partial charge in [0.25, 0.3) is 0 Å². The van der Waals surface area contributed by atoms with E-state index in [0.29, 0.717) is 39.1 Å². The van der Waals surface area contributed by atoms with E-state index in [0.717, 1.165) is 0 Å². The minimum absolute atomic E-state index is 0.142. The molecular formula is C12H20O5. The van der Waals surface area contributed by atoms with E-state index >= 15 is 0 Å². The Morgan fingerprint density at radius 2 is 2.00 bits per heavy atom. The molecule has 0 radical (unpaired) electrons. The van der Waals surface area contributed by atoms with Crippen LogP contribution in [0.25, 0.3) is 0 Å². The van der Waals surface area contributed by atoms with E-state index in [-0.39, 0.29) is 12.1 Å². The third kappa shape index (κ3) is 4.83. The average molecular weight is 244 g/mol. The molecule has 98 valence electrons. The van der Waals surface area contributed by atoms with Crippen molar-refractivity contribution in [2.24, 2.45) is 5.92 Å². The summed E-state index contributed by atoms with van der Waals surface area (Å²) in [6, 6.07) is 0. The van der Waals surface area contributed by atoms with Crippen LogP contribution >= 0.6 is 0 Å². The van der Waals surface area contributed by atoms with Gasteiger partial charge in [-0.2, -0.15) is 0 Å². The molecule has 17 heavy (non-hydrogen) atoms. The second-order valence-electron chi connectivity index (χ2n) is 4.02. The van der Waals surface area contributed by atoms with Crippen molar-refractivity contribution in [1.82, 2.24) is 0 Å². The number of Topliss-reactive ketones (excluding diaryl/α,β-unsaturated/α-hetero) is 1. The molecule has 1 heterocycles. The van der Waals surface area contributed by atoms with Crippen molar-refractivity contribution in [2.45, 2.75) is 39.4 Å². The van der Waals surface area contributed by atoms with Crippen LogP contribution in [0.5, 0.6) is 0 Å². The monoisotopic (exact) mass is 244 g/mol. The summed E-state index contributed by atoms with van der Waals surface area (Å²) in [6.45, 7) is 4.70. The van der Waals surface area contributed by atoms with Crippen LogP contribution in [0.1, 0.15) is 33.1 Å². The van der Waals surface area contributed by atoms with Gasteiger partial charge in [0.15, 0.2) is 6.29 Å². The summed E-state index contributed by atoms with van der Waals surface area (Å²) in [4.78, 5) is 22.8. The highest BCUT2D eigenvalue weighted by Gasteiger charge is 2.25. The molecule has 1 aliphatic rings. The molecule has 0 aromatic carbocycles. The van der Waals surface area contributed by atoms with Crippen molar-refractivity contribution in [1.29, 1.82) is 0 Å². The molecule has 1 atom stereocenters. The minimum atomic E-state index is -0.642. The van der Waals surface area contributed by atoms with Crippen LogP contribution in [0.4, 0.5) is 0 Å². The Bertz CT molecular complexity index is 258. The lowest BCUT2D eigenvalue weighted by Crippen LogP contribution is -2.24. The smallest absolute Gasteiger partial charge is 0.316 e. The molecular weight excluding hydrogens is 224 g/mol. The number of ether oxygens (including phenoxy) is 3. The van der Waals surface area contributed by atoms with Crippen molar-refractivity contribution in [3.8, 4) is 0 Å². The zero-order valence-corrected chi connectivity index (χ0v) is 10.4. The molecule has 0 spiro atoms. The first kappa shape index (κ1) is 14.1. The second-order valence-corrected chi connectivity index (χ2v) is 4.02. The van der Waals surface area contributed by atoms with Crippen molar-refractivity contribution in [3.63, 3.8) is 0 Å². The van der Waals surface area contributed by atoms with E-state index in [1.807, 2.05) is 0 Å². The first-order chi connectivity index (χ1) is 8.15. The number of esters is 1. The quantitative estimate of drug-likeness (QED) is 0.499. The van der Waals surface area contributed by atoms with Gasteiger partial charge in [0, 0.05) is 0 Å². The van der Waals surface area contributed by atoms with E-state index < -0.39 is 11.9 Å². The van der Waals surface area contributed by atoms with Gasteiger partial charge in [-0.05, 0) is 33.1 Å². The Morgan fingerprint density at radius 3 is 2.53 bits per heavy atom. The summed E-state index contributed by atoms with van der Waals surface area (Å²) in [5.74, 6) is -1.21. The van der Waals surface area contributed by atoms with Gasteiger partial charge in [0.05, 0.1) is 19.8 Å². The first-order valence-corrected chi connectivity index (χ1v) is 6.05. The van der Waals surface area contributed by atoms with Gasteiger partial charge in [0.1, 0.15) is 11.7 Å². The lowest BCUT2D eigenvalue weighted by atomic mass is 9.98. The molecule has 1 saturated heterocycles. The Hall–Kier alpha value is -0.940. The molecule has 1 unspecified atom stereocenters. The second kappa shape index (κ2) is 7.40. The molecule has 0 bridgehead atoms. The van der Waals surface area contributed by atoms with Gasteiger partial charge in [-0.3, -0.25) is 9.59 Å². The maximum Gasteiger partial charge on any atom is 0.316 e. The van der Waals surface area contributed by atoms with Crippen LogP contribution < -0.4 is 0 Å². The summed E-state index contributed by atoms with van der Waals surface area (Å²) in [5.41, 5.74) is 0. The van der Waals surface area contributed by atoms with E-state index in [2.05, 4.69) is 0 Å². The summed E-state index contributed by atoms with van der Waals surface area (Å²) < 4.78 is 15.4. The predicted octanol–water partition coefficient (Wildman–Crippen LogP) is 1.30. The van der Waals surface area contributed by atoms with Crippen molar-refractivity contribution in [3.05, 3.63) is 0 Å². The molecule has 5 heteroatoms. The van der Waals surface area contributed by atoms with Gasteiger partial charge in [-0.15, -0.1) is 0 Å². The Morgan fingerprint density at radius 1 is 1.35 bits per heavy atom. The number of rotatable bonds is 7. The van der Waals surface area contributed by atoms with Crippen molar-refractivity contribution < 1.29 is 23.8 Å². The van der Waals surface area contributed by atoms with E-state index in [4.69, 9.17) is 14.2 Å². The van der Waals surface area contributed by atoms with Crippen molar-refractivity contribution in [2.75, 3.05) is 19.8 Å². The fourth-order valence-corrected chi connectivity index (χ4v) is 1.79. The van der Waals surface area contributed by atoms with E-state index in [9.17, 15) is 9.59 Å². The molecule has 1 aliphatic heterocycles. The summed E-state index contributed by atoms with van der Waals surface area (Å²) >= 11 is 0. The normalized spacial score (nSPS) is 18.0. The topological polar surface area (TPSA) is 61.8 Å². The van der Waals surface area contributed by atoms with Gasteiger partial charge in [-0.25, -0.2) is 0 Å². The van der Waals surface area contributed by atoms with Crippen molar-refractivity contribution >= 4 is 11.8 Å². The maximum absolute atomic E-state index is 11.5. The molecule has 0 aromatic rings. The van der Waals surface area contributed by atoms with Crippen LogP contribution in [0.15, 0.2) is 0 Å². The molecule has 0 N–H and O–H groups in total. The van der Waals surface area contributed by atoms with Gasteiger partial charge in [0.2, 0.25) is 0 Å². The molecule has 0 amide bonds. The lowest BCUT2D eigenvalue weighted by Gasteiger charge is -2.13. The largest absolute Gasteiger partial charge is 0.465 e. The zero-order valence-electron chi connectivity index (χ0n) is 10.4. The average Bonchev–Trinajstić information content (AvgIpc) is 2.76. The first-order valence-electron chi connectivity index (χ1n) is 6.05. The van der Waals surface area contributed by atoms with E-state index in [1.165, 1.54) is 6.92 Å². The number of hydrogen-bond donors (Lipinski definition) is 0. The third-order valence-corrected chi connectivity index (χ3v) is 2.69. The molecule has 0 aromatic heterocycles.